The van der Waals surface area contributed by atoms with Gasteiger partial charge < -0.3 is 16.0 Å². The standard InChI is InChI=1S/C19H18ClN3O2/c1-11-7-3-6-10-15(11)22-18(24)16-12(2)21-19(25)23-17(16)13-8-4-5-9-14(13)20/h3-10,17H,1-2H3,(H,22,24)(H2,21,23,25). The van der Waals surface area contributed by atoms with E-state index in [1.54, 1.807) is 25.1 Å². The minimum absolute atomic E-state index is 0.288. The van der Waals surface area contributed by atoms with E-state index >= 15 is 0 Å². The van der Waals surface area contributed by atoms with Crippen molar-refractivity contribution in [1.29, 1.82) is 0 Å². The fourth-order valence-corrected chi connectivity index (χ4v) is 3.08. The summed E-state index contributed by atoms with van der Waals surface area (Å²) >= 11 is 6.28. The first kappa shape index (κ1) is 17.0. The van der Waals surface area contributed by atoms with Crippen LogP contribution in [0.4, 0.5) is 10.5 Å². The number of amides is 3. The van der Waals surface area contributed by atoms with Gasteiger partial charge in [0.25, 0.3) is 5.91 Å². The Hall–Kier alpha value is -2.79. The molecule has 0 fully saturated rings. The molecule has 1 unspecified atom stereocenters. The lowest BCUT2D eigenvalue weighted by Gasteiger charge is -2.29. The molecule has 3 amide bonds. The number of benzene rings is 2. The first-order chi connectivity index (χ1) is 12.0. The van der Waals surface area contributed by atoms with Gasteiger partial charge in [-0.25, -0.2) is 4.79 Å². The average Bonchev–Trinajstić information content (AvgIpc) is 2.56. The van der Waals surface area contributed by atoms with E-state index in [2.05, 4.69) is 16.0 Å². The molecule has 1 aliphatic heterocycles. The third-order valence-electron chi connectivity index (χ3n) is 4.12. The lowest BCUT2D eigenvalue weighted by atomic mass is 9.94. The van der Waals surface area contributed by atoms with Crippen molar-refractivity contribution in [2.45, 2.75) is 19.9 Å². The smallest absolute Gasteiger partial charge is 0.319 e. The lowest BCUT2D eigenvalue weighted by Crippen LogP contribution is -2.46. The molecule has 1 atom stereocenters. The molecule has 6 heteroatoms. The Morgan fingerprint density at radius 2 is 1.76 bits per heavy atom. The number of para-hydroxylation sites is 1. The molecule has 1 heterocycles. The second kappa shape index (κ2) is 6.99. The summed E-state index contributed by atoms with van der Waals surface area (Å²) < 4.78 is 0. The molecule has 3 N–H and O–H groups in total. The van der Waals surface area contributed by atoms with Crippen LogP contribution in [0.1, 0.15) is 24.1 Å². The normalized spacial score (nSPS) is 16.9. The van der Waals surface area contributed by atoms with Crippen molar-refractivity contribution < 1.29 is 9.59 Å². The molecule has 128 valence electrons. The Balaban J connectivity index is 1.99. The van der Waals surface area contributed by atoms with Gasteiger partial charge in [-0.2, -0.15) is 0 Å². The quantitative estimate of drug-likeness (QED) is 0.781. The number of urea groups is 1. The highest BCUT2D eigenvalue weighted by atomic mass is 35.5. The molecule has 25 heavy (non-hydrogen) atoms. The number of allylic oxidation sites excluding steroid dienone is 1. The van der Waals surface area contributed by atoms with Crippen LogP contribution in [-0.4, -0.2) is 11.9 Å². The number of aryl methyl sites for hydroxylation is 1. The van der Waals surface area contributed by atoms with Crippen LogP contribution in [-0.2, 0) is 4.79 Å². The Bertz CT molecular complexity index is 876. The highest BCUT2D eigenvalue weighted by Gasteiger charge is 2.32. The minimum atomic E-state index is -0.619. The lowest BCUT2D eigenvalue weighted by molar-refractivity contribution is -0.113. The van der Waals surface area contributed by atoms with Gasteiger partial charge in [0.2, 0.25) is 0 Å². The van der Waals surface area contributed by atoms with Crippen LogP contribution in [0.3, 0.4) is 0 Å². The van der Waals surface area contributed by atoms with E-state index in [0.717, 1.165) is 11.3 Å². The topological polar surface area (TPSA) is 70.2 Å². The van der Waals surface area contributed by atoms with Gasteiger partial charge in [0, 0.05) is 16.4 Å². The number of hydrogen-bond acceptors (Lipinski definition) is 2. The molecule has 0 bridgehead atoms. The SMILES string of the molecule is CC1=C(C(=O)Nc2ccccc2C)C(c2ccccc2Cl)NC(=O)N1. The highest BCUT2D eigenvalue weighted by molar-refractivity contribution is 6.31. The highest BCUT2D eigenvalue weighted by Crippen LogP contribution is 2.32. The zero-order valence-electron chi connectivity index (χ0n) is 13.9. The molecule has 0 aliphatic carbocycles. The fourth-order valence-electron chi connectivity index (χ4n) is 2.84. The Morgan fingerprint density at radius 1 is 1.08 bits per heavy atom. The van der Waals surface area contributed by atoms with Crippen molar-refractivity contribution in [3.05, 3.63) is 76.0 Å². The van der Waals surface area contributed by atoms with Crippen LogP contribution in [0.15, 0.2) is 59.8 Å². The predicted molar refractivity (Wildman–Crippen MR) is 98.4 cm³/mol. The van der Waals surface area contributed by atoms with E-state index in [4.69, 9.17) is 11.6 Å². The molecule has 2 aromatic rings. The summed E-state index contributed by atoms with van der Waals surface area (Å²) in [5, 5.41) is 8.84. The third-order valence-corrected chi connectivity index (χ3v) is 4.47. The van der Waals surface area contributed by atoms with Crippen molar-refractivity contribution in [3.8, 4) is 0 Å². The van der Waals surface area contributed by atoms with E-state index in [1.165, 1.54) is 0 Å². The summed E-state index contributed by atoms with van der Waals surface area (Å²) in [7, 11) is 0. The number of halogens is 1. The van der Waals surface area contributed by atoms with E-state index < -0.39 is 6.04 Å². The summed E-state index contributed by atoms with van der Waals surface area (Å²) in [5.41, 5.74) is 3.28. The number of carbonyl (C=O) groups excluding carboxylic acids is 2. The van der Waals surface area contributed by atoms with Crippen molar-refractivity contribution in [2.24, 2.45) is 0 Å². The Morgan fingerprint density at radius 3 is 2.48 bits per heavy atom. The second-order valence-electron chi connectivity index (χ2n) is 5.86. The number of anilines is 1. The summed E-state index contributed by atoms with van der Waals surface area (Å²) in [5.74, 6) is -0.288. The molecular formula is C19H18ClN3O2. The van der Waals surface area contributed by atoms with Gasteiger partial charge in [0.1, 0.15) is 0 Å². The molecule has 1 aliphatic rings. The second-order valence-corrected chi connectivity index (χ2v) is 6.27. The van der Waals surface area contributed by atoms with Gasteiger partial charge in [-0.3, -0.25) is 4.79 Å². The first-order valence-electron chi connectivity index (χ1n) is 7.87. The van der Waals surface area contributed by atoms with Crippen molar-refractivity contribution in [2.75, 3.05) is 5.32 Å². The Labute approximate surface area is 151 Å². The third kappa shape index (κ3) is 3.51. The van der Waals surface area contributed by atoms with Gasteiger partial charge >= 0.3 is 6.03 Å². The fraction of sp³-hybridized carbons (Fsp3) is 0.158. The molecule has 0 saturated carbocycles. The maximum atomic E-state index is 12.9. The number of rotatable bonds is 3. The van der Waals surface area contributed by atoms with Gasteiger partial charge in [0.15, 0.2) is 0 Å². The number of carbonyl (C=O) groups is 2. The maximum Gasteiger partial charge on any atom is 0.319 e. The summed E-state index contributed by atoms with van der Waals surface area (Å²) in [6.07, 6.45) is 0. The summed E-state index contributed by atoms with van der Waals surface area (Å²) in [6, 6.07) is 13.7. The zero-order valence-corrected chi connectivity index (χ0v) is 14.6. The predicted octanol–water partition coefficient (Wildman–Crippen LogP) is 3.92. The maximum absolute atomic E-state index is 12.9. The first-order valence-corrected chi connectivity index (χ1v) is 8.25. The van der Waals surface area contributed by atoms with Gasteiger partial charge in [0.05, 0.1) is 11.6 Å². The van der Waals surface area contributed by atoms with Crippen LogP contribution in [0.5, 0.6) is 0 Å². The zero-order chi connectivity index (χ0) is 18.0. The Kier molecular flexibility index (Phi) is 4.76. The molecule has 0 aromatic heterocycles. The molecule has 5 nitrogen and oxygen atoms in total. The van der Waals surface area contributed by atoms with Crippen LogP contribution in [0, 0.1) is 6.92 Å². The molecule has 0 radical (unpaired) electrons. The van der Waals surface area contributed by atoms with Crippen molar-refractivity contribution in [3.63, 3.8) is 0 Å². The minimum Gasteiger partial charge on any atom is -0.327 e. The monoisotopic (exact) mass is 355 g/mol. The van der Waals surface area contributed by atoms with Crippen molar-refractivity contribution >= 4 is 29.2 Å². The molecular weight excluding hydrogens is 338 g/mol. The van der Waals surface area contributed by atoms with Crippen LogP contribution in [0.25, 0.3) is 0 Å². The van der Waals surface area contributed by atoms with Gasteiger partial charge in [-0.1, -0.05) is 48.0 Å². The summed E-state index contributed by atoms with van der Waals surface area (Å²) in [6.45, 7) is 3.62. The van der Waals surface area contributed by atoms with E-state index in [0.29, 0.717) is 21.9 Å². The van der Waals surface area contributed by atoms with Gasteiger partial charge in [-0.15, -0.1) is 0 Å². The number of hydrogen-bond donors (Lipinski definition) is 3. The molecule has 2 aromatic carbocycles. The average molecular weight is 356 g/mol. The molecule has 0 spiro atoms. The summed E-state index contributed by atoms with van der Waals surface area (Å²) in [4.78, 5) is 24.8. The van der Waals surface area contributed by atoms with Crippen LogP contribution >= 0.6 is 11.6 Å². The van der Waals surface area contributed by atoms with Crippen LogP contribution < -0.4 is 16.0 Å². The van der Waals surface area contributed by atoms with Crippen LogP contribution in [0.2, 0.25) is 5.02 Å². The molecule has 3 rings (SSSR count). The van der Waals surface area contributed by atoms with E-state index in [-0.39, 0.29) is 11.9 Å². The van der Waals surface area contributed by atoms with Crippen molar-refractivity contribution in [1.82, 2.24) is 10.6 Å². The van der Waals surface area contributed by atoms with Gasteiger partial charge in [-0.05, 0) is 37.1 Å². The van der Waals surface area contributed by atoms with E-state index in [1.807, 2.05) is 37.3 Å². The van der Waals surface area contributed by atoms with E-state index in [9.17, 15) is 9.59 Å². The molecule has 0 saturated heterocycles. The largest absolute Gasteiger partial charge is 0.327 e. The number of nitrogens with one attached hydrogen (secondary N) is 3.